The van der Waals surface area contributed by atoms with E-state index in [1.807, 2.05) is 0 Å². The molecule has 0 radical (unpaired) electrons. The number of rotatable bonds is 1. The van der Waals surface area contributed by atoms with Gasteiger partial charge in [0.15, 0.2) is 0 Å². The van der Waals surface area contributed by atoms with Crippen LogP contribution in [0.1, 0.15) is 16.1 Å². The molecule has 0 aliphatic carbocycles. The molecular weight excluding hydrogens is 182 g/mol. The average molecular weight is 188 g/mol. The Morgan fingerprint density at radius 1 is 1.58 bits per heavy atom. The summed E-state index contributed by atoms with van der Waals surface area (Å²) in [4.78, 5) is 17.7. The van der Waals surface area contributed by atoms with Gasteiger partial charge in [0.1, 0.15) is 11.4 Å². The molecular formula is C6H6ClN3O2. The van der Waals surface area contributed by atoms with Gasteiger partial charge >= 0.3 is 5.97 Å². The van der Waals surface area contributed by atoms with Crippen molar-refractivity contribution in [2.45, 2.75) is 6.92 Å². The van der Waals surface area contributed by atoms with Crippen LogP contribution in [-0.4, -0.2) is 21.0 Å². The van der Waals surface area contributed by atoms with Crippen LogP contribution in [0.15, 0.2) is 0 Å². The van der Waals surface area contributed by atoms with Crippen molar-refractivity contribution in [1.29, 1.82) is 0 Å². The van der Waals surface area contributed by atoms with Crippen LogP contribution in [0.5, 0.6) is 0 Å². The van der Waals surface area contributed by atoms with Gasteiger partial charge in [-0.25, -0.2) is 14.8 Å². The monoisotopic (exact) mass is 187 g/mol. The van der Waals surface area contributed by atoms with Gasteiger partial charge < -0.3 is 10.8 Å². The number of carboxylic acids is 1. The van der Waals surface area contributed by atoms with Crippen LogP contribution in [0.25, 0.3) is 0 Å². The maximum Gasteiger partial charge on any atom is 0.341 e. The molecule has 64 valence electrons. The number of nitrogens with zero attached hydrogens (tertiary/aromatic N) is 2. The summed E-state index contributed by atoms with van der Waals surface area (Å²) in [6, 6.07) is 0. The molecule has 0 unspecified atom stereocenters. The third-order valence-corrected chi connectivity index (χ3v) is 1.47. The number of carbonyl (C=O) groups is 1. The summed E-state index contributed by atoms with van der Waals surface area (Å²) in [6.45, 7) is 1.51. The Labute approximate surface area is 73.2 Å². The smallest absolute Gasteiger partial charge is 0.341 e. The number of nitrogens with two attached hydrogens (primary N) is 1. The maximum atomic E-state index is 10.6. The molecule has 0 aliphatic heterocycles. The summed E-state index contributed by atoms with van der Waals surface area (Å²) in [5.74, 6) is -1.26. The topological polar surface area (TPSA) is 89.1 Å². The molecule has 6 heteroatoms. The lowest BCUT2D eigenvalue weighted by Crippen LogP contribution is -2.09. The molecule has 0 saturated heterocycles. The average Bonchev–Trinajstić information content (AvgIpc) is 1.82. The first-order valence-corrected chi connectivity index (χ1v) is 3.43. The van der Waals surface area contributed by atoms with Crippen molar-refractivity contribution in [3.05, 3.63) is 16.5 Å². The van der Waals surface area contributed by atoms with E-state index in [4.69, 9.17) is 22.4 Å². The second-order valence-corrected chi connectivity index (χ2v) is 2.48. The Morgan fingerprint density at radius 3 is 2.58 bits per heavy atom. The van der Waals surface area contributed by atoms with Crippen molar-refractivity contribution in [2.75, 3.05) is 5.73 Å². The molecule has 1 aromatic rings. The summed E-state index contributed by atoms with van der Waals surface area (Å²) >= 11 is 5.43. The summed E-state index contributed by atoms with van der Waals surface area (Å²) in [7, 11) is 0. The highest BCUT2D eigenvalue weighted by Gasteiger charge is 2.14. The summed E-state index contributed by atoms with van der Waals surface area (Å²) in [5.41, 5.74) is 5.47. The zero-order valence-corrected chi connectivity index (χ0v) is 6.96. The lowest BCUT2D eigenvalue weighted by Gasteiger charge is -2.02. The van der Waals surface area contributed by atoms with Crippen LogP contribution < -0.4 is 5.73 Å². The molecule has 0 spiro atoms. The van der Waals surface area contributed by atoms with Gasteiger partial charge in [0.25, 0.3) is 0 Å². The summed E-state index contributed by atoms with van der Waals surface area (Å²) in [5, 5.41) is 8.59. The van der Waals surface area contributed by atoms with Gasteiger partial charge in [-0.2, -0.15) is 0 Å². The molecule has 3 N–H and O–H groups in total. The predicted octanol–water partition coefficient (Wildman–Crippen LogP) is 0.719. The van der Waals surface area contributed by atoms with E-state index >= 15 is 0 Å². The molecule has 0 bridgehead atoms. The molecule has 1 rings (SSSR count). The van der Waals surface area contributed by atoms with Crippen LogP contribution in [-0.2, 0) is 0 Å². The summed E-state index contributed by atoms with van der Waals surface area (Å²) in [6.07, 6.45) is 0. The Kier molecular flexibility index (Phi) is 2.14. The Morgan fingerprint density at radius 2 is 2.17 bits per heavy atom. The highest BCUT2D eigenvalue weighted by Crippen LogP contribution is 2.14. The van der Waals surface area contributed by atoms with Crippen molar-refractivity contribution in [3.63, 3.8) is 0 Å². The van der Waals surface area contributed by atoms with E-state index in [9.17, 15) is 4.79 Å². The SMILES string of the molecule is Cc1nc(Cl)nc(N)c1C(=O)O. The number of halogens is 1. The minimum Gasteiger partial charge on any atom is -0.477 e. The van der Waals surface area contributed by atoms with E-state index < -0.39 is 5.97 Å². The molecule has 1 aromatic heterocycles. The normalized spacial score (nSPS) is 9.83. The van der Waals surface area contributed by atoms with Gasteiger partial charge in [0.05, 0.1) is 5.69 Å². The molecule has 12 heavy (non-hydrogen) atoms. The van der Waals surface area contributed by atoms with E-state index in [1.54, 1.807) is 0 Å². The fourth-order valence-electron chi connectivity index (χ4n) is 0.824. The number of nitrogen functional groups attached to an aromatic ring is 1. The Balaban J connectivity index is 3.38. The third-order valence-electron chi connectivity index (χ3n) is 1.30. The van der Waals surface area contributed by atoms with Crippen molar-refractivity contribution in [3.8, 4) is 0 Å². The Hall–Kier alpha value is -1.36. The van der Waals surface area contributed by atoms with E-state index in [2.05, 4.69) is 9.97 Å². The first kappa shape index (κ1) is 8.73. The lowest BCUT2D eigenvalue weighted by molar-refractivity contribution is 0.0696. The standard InChI is InChI=1S/C6H6ClN3O2/c1-2-3(5(11)12)4(8)10-6(7)9-2/h1H3,(H,11,12)(H2,8,9,10). The van der Waals surface area contributed by atoms with Crippen molar-refractivity contribution in [2.24, 2.45) is 0 Å². The minimum absolute atomic E-state index is 0.0463. The van der Waals surface area contributed by atoms with Crippen LogP contribution in [0, 0.1) is 6.92 Å². The van der Waals surface area contributed by atoms with E-state index in [0.717, 1.165) is 0 Å². The predicted molar refractivity (Wildman–Crippen MR) is 43.2 cm³/mol. The quantitative estimate of drug-likeness (QED) is 0.633. The zero-order chi connectivity index (χ0) is 9.30. The molecule has 0 atom stereocenters. The number of aryl methyl sites for hydroxylation is 1. The molecule has 0 fully saturated rings. The van der Waals surface area contributed by atoms with E-state index in [1.165, 1.54) is 6.92 Å². The first-order valence-electron chi connectivity index (χ1n) is 3.05. The number of anilines is 1. The van der Waals surface area contributed by atoms with E-state index in [-0.39, 0.29) is 22.4 Å². The second kappa shape index (κ2) is 2.94. The molecule has 0 amide bonds. The fourth-order valence-corrected chi connectivity index (χ4v) is 1.04. The van der Waals surface area contributed by atoms with Gasteiger partial charge in [-0.1, -0.05) is 0 Å². The Bertz CT molecular complexity index is 317. The highest BCUT2D eigenvalue weighted by atomic mass is 35.5. The van der Waals surface area contributed by atoms with Crippen LogP contribution in [0.4, 0.5) is 5.82 Å². The molecule has 5 nitrogen and oxygen atoms in total. The van der Waals surface area contributed by atoms with Crippen molar-refractivity contribution in [1.82, 2.24) is 9.97 Å². The minimum atomic E-state index is -1.15. The van der Waals surface area contributed by atoms with Crippen LogP contribution >= 0.6 is 11.6 Å². The van der Waals surface area contributed by atoms with Gasteiger partial charge in [-0.15, -0.1) is 0 Å². The third kappa shape index (κ3) is 1.45. The largest absolute Gasteiger partial charge is 0.477 e. The molecule has 0 aliphatic rings. The molecule has 0 aromatic carbocycles. The second-order valence-electron chi connectivity index (χ2n) is 2.14. The maximum absolute atomic E-state index is 10.6. The summed E-state index contributed by atoms with van der Waals surface area (Å²) < 4.78 is 0. The lowest BCUT2D eigenvalue weighted by atomic mass is 10.2. The molecule has 1 heterocycles. The van der Waals surface area contributed by atoms with Crippen molar-refractivity contribution >= 4 is 23.4 Å². The van der Waals surface area contributed by atoms with Crippen molar-refractivity contribution < 1.29 is 9.90 Å². The van der Waals surface area contributed by atoms with Crippen LogP contribution in [0.2, 0.25) is 5.28 Å². The first-order chi connectivity index (χ1) is 5.52. The highest BCUT2D eigenvalue weighted by molar-refractivity contribution is 6.28. The number of aromatic nitrogens is 2. The fraction of sp³-hybridized carbons (Fsp3) is 0.167. The number of hydrogen-bond donors (Lipinski definition) is 2. The number of carboxylic acid groups (broad SMARTS) is 1. The van der Waals surface area contributed by atoms with Gasteiger partial charge in [0, 0.05) is 0 Å². The number of aromatic carboxylic acids is 1. The zero-order valence-electron chi connectivity index (χ0n) is 6.21. The van der Waals surface area contributed by atoms with Gasteiger partial charge in [-0.3, -0.25) is 0 Å². The number of hydrogen-bond acceptors (Lipinski definition) is 4. The molecule has 0 saturated carbocycles. The van der Waals surface area contributed by atoms with E-state index in [0.29, 0.717) is 0 Å². The van der Waals surface area contributed by atoms with Gasteiger partial charge in [-0.05, 0) is 18.5 Å². The van der Waals surface area contributed by atoms with Gasteiger partial charge in [0.2, 0.25) is 5.28 Å². The van der Waals surface area contributed by atoms with Crippen LogP contribution in [0.3, 0.4) is 0 Å².